The van der Waals surface area contributed by atoms with Gasteiger partial charge in [-0.1, -0.05) is 24.3 Å². The molecule has 1 fully saturated rings. The number of benzene rings is 2. The summed E-state index contributed by atoms with van der Waals surface area (Å²) in [5, 5.41) is 5.78. The third-order valence-corrected chi connectivity index (χ3v) is 5.54. The van der Waals surface area contributed by atoms with E-state index in [9.17, 15) is 22.8 Å². The van der Waals surface area contributed by atoms with E-state index in [2.05, 4.69) is 10.6 Å². The van der Waals surface area contributed by atoms with Crippen molar-refractivity contribution in [3.8, 4) is 5.75 Å². The summed E-state index contributed by atoms with van der Waals surface area (Å²) in [5.74, 6) is 0.504. The van der Waals surface area contributed by atoms with Gasteiger partial charge < -0.3 is 15.4 Å². The van der Waals surface area contributed by atoms with Gasteiger partial charge in [-0.05, 0) is 54.7 Å². The van der Waals surface area contributed by atoms with Crippen molar-refractivity contribution in [1.29, 1.82) is 0 Å². The second kappa shape index (κ2) is 9.41. The lowest BCUT2D eigenvalue weighted by molar-refractivity contribution is -0.137. The maximum absolute atomic E-state index is 12.6. The number of ether oxygens (including phenoxy) is 1. The number of carbonyl (C=O) groups excluding carboxylic acids is 2. The molecule has 1 atom stereocenters. The van der Waals surface area contributed by atoms with Gasteiger partial charge in [0, 0.05) is 24.9 Å². The van der Waals surface area contributed by atoms with Gasteiger partial charge in [-0.2, -0.15) is 13.2 Å². The standard InChI is InChI=1S/C23H25F3N2O3/c1-31-19-8-4-16(5-9-19)14-22(13-11-21(30)28-22)12-10-20(29)27-15-17-2-6-18(7-3-17)23(24,25)26/h2-9H,10-15H2,1H3,(H,27,29)(H,28,30)/t22-/m0/s1. The van der Waals surface area contributed by atoms with Crippen LogP contribution in [-0.4, -0.2) is 24.5 Å². The van der Waals surface area contributed by atoms with Crippen LogP contribution in [0.2, 0.25) is 0 Å². The summed E-state index contributed by atoms with van der Waals surface area (Å²) in [6, 6.07) is 12.3. The quantitative estimate of drug-likeness (QED) is 0.660. The smallest absolute Gasteiger partial charge is 0.416 e. The van der Waals surface area contributed by atoms with E-state index < -0.39 is 17.3 Å². The molecule has 0 saturated carbocycles. The average molecular weight is 434 g/mol. The van der Waals surface area contributed by atoms with Crippen LogP contribution in [0.15, 0.2) is 48.5 Å². The van der Waals surface area contributed by atoms with Crippen molar-refractivity contribution in [1.82, 2.24) is 10.6 Å². The SMILES string of the molecule is COc1ccc(C[C@]2(CCC(=O)NCc3ccc(C(F)(F)F)cc3)CCC(=O)N2)cc1. The molecule has 1 aliphatic heterocycles. The lowest BCUT2D eigenvalue weighted by Gasteiger charge is -2.29. The molecular formula is C23H25F3N2O3. The van der Waals surface area contributed by atoms with Gasteiger partial charge in [-0.25, -0.2) is 0 Å². The molecule has 0 radical (unpaired) electrons. The Hall–Kier alpha value is -3.03. The van der Waals surface area contributed by atoms with E-state index >= 15 is 0 Å². The first-order valence-electron chi connectivity index (χ1n) is 10.1. The van der Waals surface area contributed by atoms with E-state index in [0.29, 0.717) is 31.2 Å². The Morgan fingerprint density at radius 1 is 1.10 bits per heavy atom. The molecule has 1 aliphatic rings. The molecule has 1 heterocycles. The van der Waals surface area contributed by atoms with Crippen molar-refractivity contribution in [3.05, 3.63) is 65.2 Å². The first kappa shape index (κ1) is 22.7. The van der Waals surface area contributed by atoms with Crippen LogP contribution in [0.1, 0.15) is 42.4 Å². The maximum atomic E-state index is 12.6. The maximum Gasteiger partial charge on any atom is 0.416 e. The van der Waals surface area contributed by atoms with E-state index in [1.807, 2.05) is 24.3 Å². The van der Waals surface area contributed by atoms with Gasteiger partial charge in [0.25, 0.3) is 0 Å². The Bertz CT molecular complexity index is 911. The van der Waals surface area contributed by atoms with Crippen LogP contribution < -0.4 is 15.4 Å². The summed E-state index contributed by atoms with van der Waals surface area (Å²) >= 11 is 0. The molecule has 166 valence electrons. The molecule has 2 amide bonds. The predicted molar refractivity (Wildman–Crippen MR) is 109 cm³/mol. The van der Waals surface area contributed by atoms with Crippen LogP contribution in [0.5, 0.6) is 5.75 Å². The molecule has 0 aliphatic carbocycles. The summed E-state index contributed by atoms with van der Waals surface area (Å²) in [7, 11) is 1.59. The molecule has 0 bridgehead atoms. The third kappa shape index (κ3) is 6.23. The van der Waals surface area contributed by atoms with Gasteiger partial charge in [0.15, 0.2) is 0 Å². The zero-order valence-electron chi connectivity index (χ0n) is 17.2. The normalized spacial score (nSPS) is 18.5. The molecule has 2 aromatic rings. The molecule has 0 aromatic heterocycles. The second-order valence-electron chi connectivity index (χ2n) is 7.82. The Morgan fingerprint density at radius 2 is 1.74 bits per heavy atom. The van der Waals surface area contributed by atoms with Crippen LogP contribution in [0.4, 0.5) is 13.2 Å². The Labute approximate surface area is 179 Å². The lowest BCUT2D eigenvalue weighted by atomic mass is 9.85. The number of halogens is 3. The number of hydrogen-bond donors (Lipinski definition) is 2. The van der Waals surface area contributed by atoms with Crippen molar-refractivity contribution >= 4 is 11.8 Å². The molecule has 3 rings (SSSR count). The minimum absolute atomic E-state index is 0.0290. The second-order valence-corrected chi connectivity index (χ2v) is 7.82. The van der Waals surface area contributed by atoms with Gasteiger partial charge in [-0.15, -0.1) is 0 Å². The summed E-state index contributed by atoms with van der Waals surface area (Å²) in [5.41, 5.74) is 0.411. The fourth-order valence-corrected chi connectivity index (χ4v) is 3.77. The Morgan fingerprint density at radius 3 is 2.29 bits per heavy atom. The van der Waals surface area contributed by atoms with Crippen molar-refractivity contribution in [2.45, 2.75) is 50.4 Å². The molecule has 31 heavy (non-hydrogen) atoms. The number of methoxy groups -OCH3 is 1. The van der Waals surface area contributed by atoms with Gasteiger partial charge in [0.2, 0.25) is 11.8 Å². The molecule has 5 nitrogen and oxygen atoms in total. The van der Waals surface area contributed by atoms with Crippen LogP contribution in [-0.2, 0) is 28.7 Å². The van der Waals surface area contributed by atoms with Crippen molar-refractivity contribution < 1.29 is 27.5 Å². The molecule has 0 unspecified atom stereocenters. The first-order valence-corrected chi connectivity index (χ1v) is 10.1. The first-order chi connectivity index (χ1) is 14.7. The number of alkyl halides is 3. The molecule has 0 spiro atoms. The van der Waals surface area contributed by atoms with Crippen molar-refractivity contribution in [3.63, 3.8) is 0 Å². The third-order valence-electron chi connectivity index (χ3n) is 5.54. The number of rotatable bonds is 8. The number of amides is 2. The van der Waals surface area contributed by atoms with Gasteiger partial charge in [-0.3, -0.25) is 9.59 Å². The fraction of sp³-hybridized carbons (Fsp3) is 0.391. The molecule has 2 aromatic carbocycles. The highest BCUT2D eigenvalue weighted by Gasteiger charge is 2.37. The zero-order chi connectivity index (χ0) is 22.5. The van der Waals surface area contributed by atoms with Crippen LogP contribution in [0.25, 0.3) is 0 Å². The van der Waals surface area contributed by atoms with Crippen LogP contribution in [0, 0.1) is 0 Å². The van der Waals surface area contributed by atoms with Crippen LogP contribution >= 0.6 is 0 Å². The average Bonchev–Trinajstić information content (AvgIpc) is 3.11. The van der Waals surface area contributed by atoms with Gasteiger partial charge in [0.1, 0.15) is 5.75 Å². The van der Waals surface area contributed by atoms with Crippen molar-refractivity contribution in [2.24, 2.45) is 0 Å². The monoisotopic (exact) mass is 434 g/mol. The van der Waals surface area contributed by atoms with E-state index in [0.717, 1.165) is 23.4 Å². The fourth-order valence-electron chi connectivity index (χ4n) is 3.77. The van der Waals surface area contributed by atoms with Gasteiger partial charge >= 0.3 is 6.18 Å². The topological polar surface area (TPSA) is 67.4 Å². The largest absolute Gasteiger partial charge is 0.497 e. The Kier molecular flexibility index (Phi) is 6.87. The van der Waals surface area contributed by atoms with Crippen LogP contribution in [0.3, 0.4) is 0 Å². The summed E-state index contributed by atoms with van der Waals surface area (Å²) in [4.78, 5) is 24.2. The summed E-state index contributed by atoms with van der Waals surface area (Å²) in [6.45, 7) is 0.148. The van der Waals surface area contributed by atoms with Crippen molar-refractivity contribution in [2.75, 3.05) is 7.11 Å². The van der Waals surface area contributed by atoms with E-state index in [1.165, 1.54) is 12.1 Å². The van der Waals surface area contributed by atoms with E-state index in [1.54, 1.807) is 7.11 Å². The minimum Gasteiger partial charge on any atom is -0.497 e. The summed E-state index contributed by atoms with van der Waals surface area (Å²) in [6.07, 6.45) is -2.03. The number of nitrogens with one attached hydrogen (secondary N) is 2. The summed E-state index contributed by atoms with van der Waals surface area (Å²) < 4.78 is 43.1. The highest BCUT2D eigenvalue weighted by molar-refractivity contribution is 5.80. The predicted octanol–water partition coefficient (Wildman–Crippen LogP) is 4.00. The molecule has 8 heteroatoms. The van der Waals surface area contributed by atoms with Gasteiger partial charge in [0.05, 0.1) is 12.7 Å². The number of hydrogen-bond acceptors (Lipinski definition) is 3. The zero-order valence-corrected chi connectivity index (χ0v) is 17.2. The molecule has 1 saturated heterocycles. The molecule has 2 N–H and O–H groups in total. The lowest BCUT2D eigenvalue weighted by Crippen LogP contribution is -2.44. The van der Waals surface area contributed by atoms with E-state index in [4.69, 9.17) is 4.74 Å². The van der Waals surface area contributed by atoms with E-state index in [-0.39, 0.29) is 24.8 Å². The Balaban J connectivity index is 1.54. The minimum atomic E-state index is -4.38. The highest BCUT2D eigenvalue weighted by Crippen LogP contribution is 2.31. The number of carbonyl (C=O) groups is 2. The highest BCUT2D eigenvalue weighted by atomic mass is 19.4. The molecular weight excluding hydrogens is 409 g/mol.